The fourth-order valence-electron chi connectivity index (χ4n) is 15.9. The molecule has 5 aliphatic heterocycles. The minimum absolute atomic E-state index is 0.0781. The molecule has 1 saturated heterocycles. The second kappa shape index (κ2) is 41.9. The van der Waals surface area contributed by atoms with Gasteiger partial charge in [0.15, 0.2) is 55.9 Å². The highest BCUT2D eigenvalue weighted by molar-refractivity contribution is 7.91. The molecule has 6 heterocycles. The quantitative estimate of drug-likeness (QED) is 0.0137. The summed E-state index contributed by atoms with van der Waals surface area (Å²) in [6.45, 7) is 9.60. The largest absolute Gasteiger partial charge is 0.501 e. The van der Waals surface area contributed by atoms with E-state index in [4.69, 9.17) is 56.2 Å². The summed E-state index contributed by atoms with van der Waals surface area (Å²) in [5, 5.41) is 51.9. The van der Waals surface area contributed by atoms with Crippen molar-refractivity contribution < 1.29 is 112 Å². The maximum absolute atomic E-state index is 14.2. The van der Waals surface area contributed by atoms with Crippen molar-refractivity contribution in [1.82, 2.24) is 30.1 Å². The minimum Gasteiger partial charge on any atom is -0.493 e. The zero-order chi connectivity index (χ0) is 92.0. The molecule has 3 unspecified atom stereocenters. The number of ketones is 2. The SMILES string of the molecule is CCCC(=O)c1ccc(OC2O[C@H](CO)[C@H](O)[C@H](O)[C@H]2O)c(OS(=O)(=O)Oc2ccc(C[N+](C)(C)Cc3cc(COc4cc5c(cc4OC)C(=O)N4Cc6ccccc6CC4C=N5)cc(COc4cc5c(cc4OC)C(=O)N4Cc6ccccc6CC4C=N5)c3)cc2)c1.CCOCCn1cc(COCCNC(=O)c2ccc(C(=O)CCS(=O)(=O)c3ccc(C)cc3)cc2)nn1. The zero-order valence-corrected chi connectivity index (χ0v) is 74.6. The van der Waals surface area contributed by atoms with Gasteiger partial charge in [0.2, 0.25) is 6.29 Å². The van der Waals surface area contributed by atoms with Crippen molar-refractivity contribution in [2.45, 2.75) is 153 Å². The second-order valence-corrected chi connectivity index (χ2v) is 36.0. The fraction of sp³-hybridized carbons (Fsp3) is 0.344. The Morgan fingerprint density at radius 2 is 1.13 bits per heavy atom. The summed E-state index contributed by atoms with van der Waals surface area (Å²) in [6.07, 6.45) is -1.08. The predicted octanol–water partition coefficient (Wildman–Crippen LogP) is 10.7. The van der Waals surface area contributed by atoms with Gasteiger partial charge in [0, 0.05) is 91.5 Å². The number of hydrogen-bond acceptors (Lipinski definition) is 27. The topological polar surface area (TPSA) is 401 Å². The number of carbonyl (C=O) groups is 5. The van der Waals surface area contributed by atoms with Gasteiger partial charge in [-0.3, -0.25) is 34.0 Å². The third-order valence-corrected chi connectivity index (χ3v) is 25.2. The number of aliphatic hydroxyl groups excluding tert-OH is 4. The monoisotopic (exact) mass is 1810 g/mol. The van der Waals surface area contributed by atoms with Crippen LogP contribution in [0.1, 0.15) is 141 Å². The van der Waals surface area contributed by atoms with Crippen LogP contribution in [0.2, 0.25) is 0 Å². The van der Waals surface area contributed by atoms with Gasteiger partial charge in [-0.1, -0.05) is 90.5 Å². The molecule has 15 rings (SSSR count). The van der Waals surface area contributed by atoms with Crippen molar-refractivity contribution in [2.75, 3.05) is 67.0 Å². The number of nitrogens with one attached hydrogen (secondary N) is 1. The van der Waals surface area contributed by atoms with Gasteiger partial charge in [-0.2, -0.15) is 0 Å². The lowest BCUT2D eigenvalue weighted by molar-refractivity contribution is -0.916. The van der Waals surface area contributed by atoms with Crippen LogP contribution in [-0.4, -0.2) is 218 Å². The zero-order valence-electron chi connectivity index (χ0n) is 73.0. The lowest BCUT2D eigenvalue weighted by Gasteiger charge is -2.39. The van der Waals surface area contributed by atoms with E-state index >= 15 is 0 Å². The molecule has 32 nitrogen and oxygen atoms in total. The van der Waals surface area contributed by atoms with Gasteiger partial charge in [-0.15, -0.1) is 13.5 Å². The molecule has 130 heavy (non-hydrogen) atoms. The number of rotatable bonds is 37. The van der Waals surface area contributed by atoms with Crippen LogP contribution >= 0.6 is 0 Å². The lowest BCUT2D eigenvalue weighted by Crippen LogP contribution is -2.60. The van der Waals surface area contributed by atoms with Gasteiger partial charge >= 0.3 is 10.4 Å². The molecule has 1 fully saturated rings. The van der Waals surface area contributed by atoms with E-state index in [1.54, 1.807) is 90.6 Å². The maximum atomic E-state index is 14.2. The molecule has 1 aromatic heterocycles. The van der Waals surface area contributed by atoms with E-state index in [1.165, 1.54) is 61.7 Å². The van der Waals surface area contributed by atoms with Gasteiger partial charge in [0.05, 0.1) is 113 Å². The van der Waals surface area contributed by atoms with Crippen molar-refractivity contribution in [3.8, 4) is 40.2 Å². The van der Waals surface area contributed by atoms with Crippen LogP contribution in [0, 0.1) is 6.92 Å². The van der Waals surface area contributed by atoms with Gasteiger partial charge in [0.1, 0.15) is 62.2 Å². The van der Waals surface area contributed by atoms with Crippen LogP contribution in [0.25, 0.3) is 0 Å². The molecule has 5 N–H and O–H groups in total. The minimum atomic E-state index is -4.95. The molecule has 0 bridgehead atoms. The standard InChI is InChI=1S/C70H72N5O17S.C26H32N4O6S/c1-6-11-57(77)47-18-21-58(89-70-67(80)66(79)65(78)64(38-76)90-70)63(27-47)92-93(83,84)91-52-19-16-41(17-20-52)36-75(2,3)37-42-22-43(39-87-61-30-55-53(28-59(61)85-4)68(81)73-34-48-14-9-7-12-45(48)25-50(73)32-71-55)24-44(23-42)40-88-62-31-56-54(29-60(62)86-5)69(82)74-35-49-15-10-8-13-46(49)26-51(74)33-72-56;1-3-35-16-14-30-18-23(28-29-30)19-36-15-13-27-26(32)22-8-6-21(7-9-22)25(31)12-17-37(33,34)24-10-4-20(2)5-11-24/h7-10,12-24,27-33,50-51,64-67,70,76,78-80H,6,11,25-26,34-40H2,1-5H3;4-11,18H,3,12-17,19H2,1-2H3,(H,27,32)/q+1;/t50?,51?,64-,65+,66+,67-,70?;/m1./s1. The van der Waals surface area contributed by atoms with Crippen LogP contribution in [0.3, 0.4) is 0 Å². The number of aliphatic hydroxyl groups is 4. The first-order valence-corrected chi connectivity index (χ1v) is 45.6. The maximum Gasteiger partial charge on any atom is 0.501 e. The highest BCUT2D eigenvalue weighted by atomic mass is 32.3. The molecule has 0 saturated carbocycles. The highest BCUT2D eigenvalue weighted by Gasteiger charge is 2.46. The lowest BCUT2D eigenvalue weighted by atomic mass is 9.94. The smallest absolute Gasteiger partial charge is 0.493 e. The number of hydrogen-bond donors (Lipinski definition) is 5. The van der Waals surface area contributed by atoms with Crippen LogP contribution in [0.15, 0.2) is 203 Å². The van der Waals surface area contributed by atoms with Gasteiger partial charge < -0.3 is 86.3 Å². The number of sulfone groups is 1. The normalized spacial score (nSPS) is 17.9. The third-order valence-electron chi connectivity index (χ3n) is 22.6. The molecule has 3 amide bonds. The first-order chi connectivity index (χ1) is 62.5. The van der Waals surface area contributed by atoms with E-state index in [2.05, 4.69) is 27.8 Å². The highest BCUT2D eigenvalue weighted by Crippen LogP contribution is 2.43. The molecule has 0 aliphatic carbocycles. The molecule has 5 aliphatic rings. The Balaban J connectivity index is 0.000000308. The number of methoxy groups -OCH3 is 2. The summed E-state index contributed by atoms with van der Waals surface area (Å²) in [7, 11) is -1.35. The molecular weight excluding hydrogens is 1710 g/mol. The van der Waals surface area contributed by atoms with E-state index < -0.39 is 63.3 Å². The van der Waals surface area contributed by atoms with Crippen LogP contribution in [0.5, 0.6) is 40.2 Å². The number of aromatic nitrogens is 3. The Kier molecular flexibility index (Phi) is 30.1. The van der Waals surface area contributed by atoms with Crippen molar-refractivity contribution in [2.24, 2.45) is 9.98 Å². The number of carbonyl (C=O) groups excluding carboxylic acids is 5. The van der Waals surface area contributed by atoms with E-state index in [-0.39, 0.29) is 102 Å². The molecular formula is C96H104N9O23S2+. The molecule has 7 atom stereocenters. The van der Waals surface area contributed by atoms with Crippen LogP contribution in [-0.2, 0) is 99.8 Å². The van der Waals surface area contributed by atoms with Gasteiger partial charge in [-0.05, 0) is 164 Å². The third kappa shape index (κ3) is 23.1. The van der Waals surface area contributed by atoms with Crippen molar-refractivity contribution >= 4 is 73.3 Å². The number of nitrogens with zero attached hydrogens (tertiary/aromatic N) is 8. The summed E-state index contributed by atoms with van der Waals surface area (Å²) in [5.41, 5.74) is 12.1. The number of benzene rings is 9. The van der Waals surface area contributed by atoms with Crippen LogP contribution in [0.4, 0.5) is 11.4 Å². The Labute approximate surface area is 753 Å². The summed E-state index contributed by atoms with van der Waals surface area (Å²) >= 11 is 0. The second-order valence-electron chi connectivity index (χ2n) is 32.8. The number of ether oxygens (including phenoxy) is 8. The Morgan fingerprint density at radius 1 is 0.569 bits per heavy atom. The van der Waals surface area contributed by atoms with E-state index in [0.717, 1.165) is 45.0 Å². The first-order valence-electron chi connectivity index (χ1n) is 42.6. The summed E-state index contributed by atoms with van der Waals surface area (Å²) < 4.78 is 112. The molecule has 34 heteroatoms. The van der Waals surface area contributed by atoms with E-state index in [1.807, 2.05) is 105 Å². The number of aryl methyl sites for hydroxylation is 1. The predicted molar refractivity (Wildman–Crippen MR) is 478 cm³/mol. The summed E-state index contributed by atoms with van der Waals surface area (Å²) in [5.74, 6) is -0.920. The summed E-state index contributed by atoms with van der Waals surface area (Å²) in [6, 6.07) is 51.5. The molecule has 0 spiro atoms. The number of aliphatic imine (C=N–C) groups is 2. The molecule has 0 radical (unpaired) electrons. The summed E-state index contributed by atoms with van der Waals surface area (Å²) in [4.78, 5) is 79.8. The average molecular weight is 1820 g/mol. The Morgan fingerprint density at radius 3 is 1.71 bits per heavy atom. The van der Waals surface area contributed by atoms with E-state index in [0.29, 0.717) is 145 Å². The van der Waals surface area contributed by atoms with Crippen LogP contribution < -0.4 is 37.4 Å². The Hall–Kier alpha value is -12.6. The van der Waals surface area contributed by atoms with E-state index in [9.17, 15) is 61.2 Å². The van der Waals surface area contributed by atoms with Crippen molar-refractivity contribution in [1.29, 1.82) is 0 Å². The van der Waals surface area contributed by atoms with Crippen molar-refractivity contribution in [3.63, 3.8) is 0 Å². The van der Waals surface area contributed by atoms with Crippen molar-refractivity contribution in [3.05, 3.63) is 272 Å². The number of Topliss-reactive ketones (excluding diaryl/α,β-unsaturated/α-hetero) is 2. The van der Waals surface area contributed by atoms with Gasteiger partial charge in [-0.25, -0.2) is 13.1 Å². The van der Waals surface area contributed by atoms with Gasteiger partial charge in [0.25, 0.3) is 17.7 Å². The number of amides is 3. The first kappa shape index (κ1) is 93.5. The molecule has 682 valence electrons. The number of quaternary nitrogens is 1. The fourth-order valence-corrected chi connectivity index (χ4v) is 17.9. The number of fused-ring (bicyclic) bond motifs is 6. The Bertz CT molecular complexity index is 5910. The average Bonchev–Trinajstić information content (AvgIpc) is 1.75. The molecule has 9 aromatic carbocycles. The molecule has 10 aromatic rings.